The molecule has 3 rings (SSSR count). The summed E-state index contributed by atoms with van der Waals surface area (Å²) in [7, 11) is 0. The standard InChI is InChI=1S/C21H22N2O4/c1-12-5-7-17(13(2)9-12)22-20(25)11-23-18-10-16(14(3)24)6-8-19(18)27-15(4)21(23)26/h5-10,15H,11H2,1-4H3,(H,22,25). The molecule has 2 aromatic carbocycles. The Balaban J connectivity index is 1.87. The number of ketones is 1. The molecular weight excluding hydrogens is 344 g/mol. The topological polar surface area (TPSA) is 75.7 Å². The molecule has 1 aliphatic rings. The first kappa shape index (κ1) is 18.6. The Morgan fingerprint density at radius 3 is 2.56 bits per heavy atom. The molecule has 1 atom stereocenters. The quantitative estimate of drug-likeness (QED) is 0.843. The first-order valence-corrected chi connectivity index (χ1v) is 8.76. The Morgan fingerprint density at radius 2 is 1.89 bits per heavy atom. The van der Waals surface area contributed by atoms with Crippen molar-refractivity contribution >= 4 is 29.0 Å². The van der Waals surface area contributed by atoms with Crippen molar-refractivity contribution in [3.63, 3.8) is 0 Å². The summed E-state index contributed by atoms with van der Waals surface area (Å²) in [6, 6.07) is 10.6. The van der Waals surface area contributed by atoms with Crippen molar-refractivity contribution in [1.29, 1.82) is 0 Å². The zero-order chi connectivity index (χ0) is 19.7. The summed E-state index contributed by atoms with van der Waals surface area (Å²) in [6.45, 7) is 6.83. The number of fused-ring (bicyclic) bond motifs is 1. The number of hydrogen-bond donors (Lipinski definition) is 1. The molecule has 2 aromatic rings. The molecule has 0 bridgehead atoms. The molecule has 140 valence electrons. The van der Waals surface area contributed by atoms with E-state index in [0.717, 1.165) is 11.1 Å². The molecule has 1 N–H and O–H groups in total. The number of anilines is 2. The summed E-state index contributed by atoms with van der Waals surface area (Å²) in [6.07, 6.45) is -0.699. The highest BCUT2D eigenvalue weighted by Gasteiger charge is 2.33. The van der Waals surface area contributed by atoms with Crippen LogP contribution in [-0.2, 0) is 9.59 Å². The number of rotatable bonds is 4. The molecule has 0 fully saturated rings. The Bertz CT molecular complexity index is 936. The summed E-state index contributed by atoms with van der Waals surface area (Å²) in [4.78, 5) is 38.2. The molecule has 0 aliphatic carbocycles. The monoisotopic (exact) mass is 366 g/mol. The summed E-state index contributed by atoms with van der Waals surface area (Å²) in [5.41, 5.74) is 3.65. The Morgan fingerprint density at radius 1 is 1.15 bits per heavy atom. The Labute approximate surface area is 158 Å². The van der Waals surface area contributed by atoms with Crippen LogP contribution in [0.5, 0.6) is 5.75 Å². The maximum atomic E-state index is 12.6. The molecule has 1 aliphatic heterocycles. The maximum Gasteiger partial charge on any atom is 0.268 e. The third kappa shape index (κ3) is 3.84. The van der Waals surface area contributed by atoms with E-state index in [1.54, 1.807) is 25.1 Å². The van der Waals surface area contributed by atoms with Crippen LogP contribution < -0.4 is 15.0 Å². The molecule has 0 saturated carbocycles. The van der Waals surface area contributed by atoms with Crippen molar-refractivity contribution < 1.29 is 19.1 Å². The summed E-state index contributed by atoms with van der Waals surface area (Å²) in [5.74, 6) is -0.280. The van der Waals surface area contributed by atoms with E-state index >= 15 is 0 Å². The van der Waals surface area contributed by atoms with Crippen LogP contribution in [-0.4, -0.2) is 30.2 Å². The number of ether oxygens (including phenoxy) is 1. The van der Waals surface area contributed by atoms with E-state index < -0.39 is 6.10 Å². The van der Waals surface area contributed by atoms with Crippen LogP contribution in [0.15, 0.2) is 36.4 Å². The van der Waals surface area contributed by atoms with E-state index in [1.807, 2.05) is 32.0 Å². The van der Waals surface area contributed by atoms with Crippen LogP contribution in [0, 0.1) is 13.8 Å². The number of benzene rings is 2. The lowest BCUT2D eigenvalue weighted by Gasteiger charge is -2.32. The van der Waals surface area contributed by atoms with E-state index in [4.69, 9.17) is 4.74 Å². The van der Waals surface area contributed by atoms with Crippen LogP contribution in [0.4, 0.5) is 11.4 Å². The second kappa shape index (κ2) is 7.23. The van der Waals surface area contributed by atoms with Crippen molar-refractivity contribution in [3.05, 3.63) is 53.1 Å². The van der Waals surface area contributed by atoms with Gasteiger partial charge in [0.1, 0.15) is 12.3 Å². The van der Waals surface area contributed by atoms with Gasteiger partial charge in [0.15, 0.2) is 11.9 Å². The van der Waals surface area contributed by atoms with Crippen LogP contribution in [0.2, 0.25) is 0 Å². The fourth-order valence-corrected chi connectivity index (χ4v) is 3.08. The minimum atomic E-state index is -0.699. The minimum Gasteiger partial charge on any atom is -0.479 e. The van der Waals surface area contributed by atoms with E-state index in [-0.39, 0.29) is 24.1 Å². The van der Waals surface area contributed by atoms with Gasteiger partial charge in [0.25, 0.3) is 5.91 Å². The van der Waals surface area contributed by atoms with Crippen molar-refractivity contribution in [3.8, 4) is 5.75 Å². The predicted octanol–water partition coefficient (Wildman–Crippen LogP) is 3.26. The third-order valence-electron chi connectivity index (χ3n) is 4.53. The van der Waals surface area contributed by atoms with Gasteiger partial charge in [0.05, 0.1) is 5.69 Å². The molecule has 1 heterocycles. The summed E-state index contributed by atoms with van der Waals surface area (Å²) in [5, 5.41) is 2.85. The average Bonchev–Trinajstić information content (AvgIpc) is 2.61. The van der Waals surface area contributed by atoms with Crippen molar-refractivity contribution in [2.45, 2.75) is 33.8 Å². The van der Waals surface area contributed by atoms with Crippen molar-refractivity contribution in [1.82, 2.24) is 0 Å². The molecule has 0 saturated heterocycles. The fraction of sp³-hybridized carbons (Fsp3) is 0.286. The van der Waals surface area contributed by atoms with Gasteiger partial charge in [0, 0.05) is 11.3 Å². The fourth-order valence-electron chi connectivity index (χ4n) is 3.08. The van der Waals surface area contributed by atoms with Crippen molar-refractivity contribution in [2.75, 3.05) is 16.8 Å². The molecule has 27 heavy (non-hydrogen) atoms. The van der Waals surface area contributed by atoms with Gasteiger partial charge in [-0.25, -0.2) is 0 Å². The number of nitrogens with zero attached hydrogens (tertiary/aromatic N) is 1. The van der Waals surface area contributed by atoms with Gasteiger partial charge in [-0.2, -0.15) is 0 Å². The van der Waals surface area contributed by atoms with Gasteiger partial charge in [-0.15, -0.1) is 0 Å². The van der Waals surface area contributed by atoms with Crippen LogP contribution in [0.25, 0.3) is 0 Å². The van der Waals surface area contributed by atoms with Gasteiger partial charge in [-0.3, -0.25) is 19.3 Å². The molecule has 0 radical (unpaired) electrons. The average molecular weight is 366 g/mol. The number of hydrogen-bond acceptors (Lipinski definition) is 4. The van der Waals surface area contributed by atoms with E-state index in [2.05, 4.69) is 5.32 Å². The van der Waals surface area contributed by atoms with Crippen LogP contribution >= 0.6 is 0 Å². The van der Waals surface area contributed by atoms with E-state index in [9.17, 15) is 14.4 Å². The number of amides is 2. The zero-order valence-electron chi connectivity index (χ0n) is 15.8. The SMILES string of the molecule is CC(=O)c1ccc2c(c1)N(CC(=O)Nc1ccc(C)cc1C)C(=O)C(C)O2. The summed E-state index contributed by atoms with van der Waals surface area (Å²) >= 11 is 0. The third-order valence-corrected chi connectivity index (χ3v) is 4.53. The number of carbonyl (C=O) groups is 3. The molecule has 1 unspecified atom stereocenters. The van der Waals surface area contributed by atoms with Crippen LogP contribution in [0.3, 0.4) is 0 Å². The van der Waals surface area contributed by atoms with Gasteiger partial charge < -0.3 is 10.1 Å². The Kier molecular flexibility index (Phi) is 4.99. The number of carbonyl (C=O) groups excluding carboxylic acids is 3. The lowest BCUT2D eigenvalue weighted by Crippen LogP contribution is -2.47. The Hall–Kier alpha value is -3.15. The maximum absolute atomic E-state index is 12.6. The molecule has 0 spiro atoms. The van der Waals surface area contributed by atoms with E-state index in [1.165, 1.54) is 11.8 Å². The number of nitrogens with one attached hydrogen (secondary N) is 1. The molecule has 6 heteroatoms. The normalized spacial score (nSPS) is 15.8. The van der Waals surface area contributed by atoms with Gasteiger partial charge >= 0.3 is 0 Å². The van der Waals surface area contributed by atoms with E-state index in [0.29, 0.717) is 22.7 Å². The lowest BCUT2D eigenvalue weighted by molar-refractivity contribution is -0.127. The molecule has 2 amide bonds. The molecule has 6 nitrogen and oxygen atoms in total. The second-order valence-corrected chi connectivity index (χ2v) is 6.79. The molecule has 0 aromatic heterocycles. The molecular formula is C21H22N2O4. The van der Waals surface area contributed by atoms with Gasteiger partial charge in [-0.05, 0) is 57.5 Å². The smallest absolute Gasteiger partial charge is 0.268 e. The van der Waals surface area contributed by atoms with Crippen molar-refractivity contribution in [2.24, 2.45) is 0 Å². The number of aryl methyl sites for hydroxylation is 2. The highest BCUT2D eigenvalue weighted by molar-refractivity contribution is 6.07. The summed E-state index contributed by atoms with van der Waals surface area (Å²) < 4.78 is 5.61. The lowest BCUT2D eigenvalue weighted by atomic mass is 10.1. The minimum absolute atomic E-state index is 0.122. The van der Waals surface area contributed by atoms with Crippen LogP contribution in [0.1, 0.15) is 35.3 Å². The first-order chi connectivity index (χ1) is 12.8. The predicted molar refractivity (Wildman–Crippen MR) is 103 cm³/mol. The largest absolute Gasteiger partial charge is 0.479 e. The highest BCUT2D eigenvalue weighted by Crippen LogP contribution is 2.35. The second-order valence-electron chi connectivity index (χ2n) is 6.79. The van der Waals surface area contributed by atoms with Gasteiger partial charge in [0.2, 0.25) is 5.91 Å². The van der Waals surface area contributed by atoms with Gasteiger partial charge in [-0.1, -0.05) is 17.7 Å². The highest BCUT2D eigenvalue weighted by atomic mass is 16.5. The zero-order valence-corrected chi connectivity index (χ0v) is 15.8. The number of Topliss-reactive ketones (excluding diaryl/α,β-unsaturated/α-hetero) is 1. The first-order valence-electron chi connectivity index (χ1n) is 8.76.